The molecule has 0 aromatic heterocycles. The molecule has 3 rings (SSSR count). The van der Waals surface area contributed by atoms with Crippen LogP contribution in [0.3, 0.4) is 0 Å². The van der Waals surface area contributed by atoms with Crippen LogP contribution in [-0.4, -0.2) is 55.1 Å². The molecule has 0 aliphatic heterocycles. The van der Waals surface area contributed by atoms with Crippen molar-refractivity contribution in [1.29, 1.82) is 5.41 Å². The van der Waals surface area contributed by atoms with Gasteiger partial charge in [-0.25, -0.2) is 9.59 Å². The molecule has 3 aromatic rings. The molecule has 3 aromatic carbocycles. The summed E-state index contributed by atoms with van der Waals surface area (Å²) in [5.74, 6) is -1.81. The van der Waals surface area contributed by atoms with Crippen LogP contribution in [0, 0.1) is 5.41 Å². The predicted octanol–water partition coefficient (Wildman–Crippen LogP) is 4.20. The molecule has 2 amide bonds. The van der Waals surface area contributed by atoms with Gasteiger partial charge in [-0.1, -0.05) is 36.4 Å². The molecule has 0 aliphatic carbocycles. The van der Waals surface area contributed by atoms with Gasteiger partial charge < -0.3 is 40.6 Å². The highest BCUT2D eigenvalue weighted by Gasteiger charge is 2.29. The number of amidine groups is 1. The molecule has 13 nitrogen and oxygen atoms in total. The molecular formula is C34H41N5O8. The van der Waals surface area contributed by atoms with Crippen LogP contribution < -0.4 is 31.2 Å². The zero-order chi connectivity index (χ0) is 34.6. The lowest BCUT2D eigenvalue weighted by atomic mass is 10.0. The van der Waals surface area contributed by atoms with Gasteiger partial charge in [0.05, 0.1) is 7.11 Å². The van der Waals surface area contributed by atoms with E-state index in [1.54, 1.807) is 63.2 Å². The van der Waals surface area contributed by atoms with E-state index < -0.39 is 41.6 Å². The van der Waals surface area contributed by atoms with Crippen LogP contribution in [0.1, 0.15) is 56.8 Å². The molecule has 0 aliphatic rings. The summed E-state index contributed by atoms with van der Waals surface area (Å²) in [5, 5.41) is 16.0. The van der Waals surface area contributed by atoms with Crippen molar-refractivity contribution in [1.82, 2.24) is 10.6 Å². The van der Waals surface area contributed by atoms with Crippen molar-refractivity contribution in [2.75, 3.05) is 19.0 Å². The summed E-state index contributed by atoms with van der Waals surface area (Å²) >= 11 is 0. The number of nitrogen functional groups attached to an aromatic ring is 1. The van der Waals surface area contributed by atoms with Gasteiger partial charge in [-0.2, -0.15) is 0 Å². The Hall–Kier alpha value is -5.59. The van der Waals surface area contributed by atoms with Crippen LogP contribution in [0.2, 0.25) is 0 Å². The van der Waals surface area contributed by atoms with Crippen LogP contribution in [0.4, 0.5) is 10.5 Å². The molecule has 250 valence electrons. The fraction of sp³-hybridized carbons (Fsp3) is 0.324. The first-order valence-electron chi connectivity index (χ1n) is 14.8. The summed E-state index contributed by atoms with van der Waals surface area (Å²) in [7, 11) is 1.48. The Morgan fingerprint density at radius 3 is 2.21 bits per heavy atom. The molecular weight excluding hydrogens is 606 g/mol. The van der Waals surface area contributed by atoms with Crippen molar-refractivity contribution >= 4 is 35.5 Å². The Morgan fingerprint density at radius 1 is 0.936 bits per heavy atom. The fourth-order valence-corrected chi connectivity index (χ4v) is 4.28. The number of nitrogens with one attached hydrogen (secondary N) is 4. The third-order valence-electron chi connectivity index (χ3n) is 6.47. The molecule has 47 heavy (non-hydrogen) atoms. The van der Waals surface area contributed by atoms with Crippen molar-refractivity contribution in [3.63, 3.8) is 0 Å². The lowest BCUT2D eigenvalue weighted by Gasteiger charge is -2.24. The first-order chi connectivity index (χ1) is 22.3. The molecule has 0 saturated carbocycles. The lowest BCUT2D eigenvalue weighted by molar-refractivity contribution is -0.160. The van der Waals surface area contributed by atoms with Crippen molar-refractivity contribution in [3.8, 4) is 11.5 Å². The van der Waals surface area contributed by atoms with Crippen LogP contribution in [0.5, 0.6) is 11.5 Å². The van der Waals surface area contributed by atoms with Crippen molar-refractivity contribution < 1.29 is 38.1 Å². The summed E-state index contributed by atoms with van der Waals surface area (Å²) in [6, 6.07) is 18.7. The Bertz CT molecular complexity index is 1550. The number of hydrogen-bond acceptors (Lipinski definition) is 10. The third-order valence-corrected chi connectivity index (χ3v) is 6.47. The van der Waals surface area contributed by atoms with E-state index in [2.05, 4.69) is 16.0 Å². The summed E-state index contributed by atoms with van der Waals surface area (Å²) in [6.07, 6.45) is -0.815. The van der Waals surface area contributed by atoms with E-state index in [1.165, 1.54) is 7.11 Å². The number of carbonyl (C=O) groups excluding carboxylic acids is 4. The van der Waals surface area contributed by atoms with Gasteiger partial charge in [0.1, 0.15) is 30.1 Å². The smallest absolute Gasteiger partial charge is 0.407 e. The van der Waals surface area contributed by atoms with E-state index in [1.807, 2.05) is 30.3 Å². The van der Waals surface area contributed by atoms with E-state index in [9.17, 15) is 19.2 Å². The number of methoxy groups -OCH3 is 1. The van der Waals surface area contributed by atoms with Crippen molar-refractivity contribution in [2.45, 2.75) is 58.4 Å². The number of esters is 2. The van der Waals surface area contributed by atoms with Gasteiger partial charge in [0, 0.05) is 24.7 Å². The monoisotopic (exact) mass is 647 g/mol. The SMILES string of the molecule is COc1cc([C@@H](Nc2ccc(C(=N)N)cc2)C(=O)N[C@@H](CCNC(=O)OC(C)(C)C)C(=O)OC(C)=O)ccc1OCc1ccccc1. The minimum atomic E-state index is -1.30. The number of nitrogens with two attached hydrogens (primary N) is 1. The second-order valence-corrected chi connectivity index (χ2v) is 11.4. The Morgan fingerprint density at radius 2 is 1.62 bits per heavy atom. The standard InChI is InChI=1S/C34H41N5O8/c1-21(40)46-32(42)26(17-18-37-33(43)47-34(2,3)4)39-31(41)29(38-25-14-11-23(12-15-25)30(35)36)24-13-16-27(28(19-24)44-5)45-20-22-9-7-6-8-10-22/h6-16,19,26,29,38H,17-18,20H2,1-5H3,(H3,35,36)(H,37,43)(H,39,41)/t26-,29+/m0/s1. The second kappa shape index (κ2) is 16.6. The van der Waals surface area contributed by atoms with Gasteiger partial charge in [0.15, 0.2) is 11.5 Å². The molecule has 0 heterocycles. The van der Waals surface area contributed by atoms with Crippen LogP contribution in [0.25, 0.3) is 0 Å². The molecule has 0 radical (unpaired) electrons. The van der Waals surface area contributed by atoms with Crippen LogP contribution in [0.15, 0.2) is 72.8 Å². The normalized spacial score (nSPS) is 12.1. The quantitative estimate of drug-likeness (QED) is 0.0733. The maximum absolute atomic E-state index is 13.9. The van der Waals surface area contributed by atoms with Gasteiger partial charge in [0.2, 0.25) is 5.91 Å². The number of alkyl carbamates (subject to hydrolysis) is 1. The molecule has 0 spiro atoms. The van der Waals surface area contributed by atoms with Crippen molar-refractivity contribution in [3.05, 3.63) is 89.5 Å². The summed E-state index contributed by atoms with van der Waals surface area (Å²) in [4.78, 5) is 50.5. The minimum Gasteiger partial charge on any atom is -0.493 e. The fourth-order valence-electron chi connectivity index (χ4n) is 4.28. The van der Waals surface area contributed by atoms with E-state index >= 15 is 0 Å². The molecule has 2 atom stereocenters. The van der Waals surface area contributed by atoms with Gasteiger partial charge in [-0.15, -0.1) is 0 Å². The number of rotatable bonds is 14. The van der Waals surface area contributed by atoms with Crippen molar-refractivity contribution in [2.24, 2.45) is 5.73 Å². The number of ether oxygens (including phenoxy) is 4. The molecule has 0 saturated heterocycles. The van der Waals surface area contributed by atoms with E-state index in [0.29, 0.717) is 34.9 Å². The number of benzene rings is 3. The summed E-state index contributed by atoms with van der Waals surface area (Å²) < 4.78 is 21.6. The first-order valence-corrected chi connectivity index (χ1v) is 14.8. The maximum Gasteiger partial charge on any atom is 0.407 e. The third kappa shape index (κ3) is 11.7. The predicted molar refractivity (Wildman–Crippen MR) is 175 cm³/mol. The lowest BCUT2D eigenvalue weighted by Crippen LogP contribution is -2.47. The highest BCUT2D eigenvalue weighted by Crippen LogP contribution is 2.32. The van der Waals surface area contributed by atoms with Crippen LogP contribution in [-0.2, 0) is 30.5 Å². The van der Waals surface area contributed by atoms with Crippen LogP contribution >= 0.6 is 0 Å². The molecule has 0 bridgehead atoms. The number of carbonyl (C=O) groups is 4. The molecule has 0 fully saturated rings. The number of anilines is 1. The zero-order valence-corrected chi connectivity index (χ0v) is 27.0. The molecule has 6 N–H and O–H groups in total. The maximum atomic E-state index is 13.9. The van der Waals surface area contributed by atoms with E-state index in [0.717, 1.165) is 12.5 Å². The Balaban J connectivity index is 1.89. The first kappa shape index (κ1) is 35.9. The van der Waals surface area contributed by atoms with Gasteiger partial charge in [-0.3, -0.25) is 15.0 Å². The number of hydrogen-bond donors (Lipinski definition) is 5. The summed E-state index contributed by atoms with van der Waals surface area (Å²) in [5.41, 5.74) is 7.25. The zero-order valence-electron chi connectivity index (χ0n) is 27.0. The average molecular weight is 648 g/mol. The molecule has 0 unspecified atom stereocenters. The largest absolute Gasteiger partial charge is 0.493 e. The molecule has 13 heteroatoms. The Labute approximate surface area is 273 Å². The summed E-state index contributed by atoms with van der Waals surface area (Å²) in [6.45, 7) is 6.41. The highest BCUT2D eigenvalue weighted by atomic mass is 16.6. The Kier molecular flexibility index (Phi) is 12.7. The minimum absolute atomic E-state index is 0.0707. The van der Waals surface area contributed by atoms with Gasteiger partial charge >= 0.3 is 18.0 Å². The van der Waals surface area contributed by atoms with Gasteiger partial charge in [0.25, 0.3) is 0 Å². The average Bonchev–Trinajstić information content (AvgIpc) is 3.01. The second-order valence-electron chi connectivity index (χ2n) is 11.4. The van der Waals surface area contributed by atoms with E-state index in [4.69, 9.17) is 30.1 Å². The topological polar surface area (TPSA) is 191 Å². The number of amides is 2. The van der Waals surface area contributed by atoms with Gasteiger partial charge in [-0.05, 0) is 74.7 Å². The van der Waals surface area contributed by atoms with E-state index in [-0.39, 0.29) is 18.8 Å². The highest BCUT2D eigenvalue weighted by molar-refractivity contribution is 5.96.